The van der Waals surface area contributed by atoms with Crippen LogP contribution in [-0.4, -0.2) is 15.0 Å². The van der Waals surface area contributed by atoms with E-state index < -0.39 is 0 Å². The highest BCUT2D eigenvalue weighted by molar-refractivity contribution is 9.10. The Kier molecular flexibility index (Phi) is 2.41. The number of anilines is 1. The van der Waals surface area contributed by atoms with E-state index in [1.807, 2.05) is 18.2 Å². The maximum Gasteiger partial charge on any atom is 0.177 e. The molecule has 0 spiro atoms. The van der Waals surface area contributed by atoms with Gasteiger partial charge in [0, 0.05) is 16.4 Å². The largest absolute Gasteiger partial charge is 0.399 e. The number of benzene rings is 1. The lowest BCUT2D eigenvalue weighted by molar-refractivity contribution is 0.778. The number of fused-ring (bicyclic) bond motifs is 1. The van der Waals surface area contributed by atoms with Crippen LogP contribution >= 0.6 is 15.9 Å². The number of hydrogen-bond donors (Lipinski definition) is 2. The summed E-state index contributed by atoms with van der Waals surface area (Å²) in [6.07, 6.45) is 3.99. The molecule has 4 rings (SSSR count). The number of halogens is 1. The average Bonchev–Trinajstić information content (AvgIpc) is 3.14. The maximum atomic E-state index is 5.77. The molecular weight excluding hydrogens is 316 g/mol. The molecule has 2 aromatic heterocycles. The Morgan fingerprint density at radius 1 is 1.20 bits per heavy atom. The first-order valence-electron chi connectivity index (χ1n) is 6.55. The zero-order valence-electron chi connectivity index (χ0n) is 10.7. The Morgan fingerprint density at radius 3 is 2.65 bits per heavy atom. The molecule has 0 radical (unpaired) electrons. The minimum absolute atomic E-state index is 0.0148. The van der Waals surface area contributed by atoms with E-state index >= 15 is 0 Å². The zero-order valence-corrected chi connectivity index (χ0v) is 12.3. The lowest BCUT2D eigenvalue weighted by Gasteiger charge is -2.12. The van der Waals surface area contributed by atoms with Gasteiger partial charge in [-0.05, 0) is 52.5 Å². The van der Waals surface area contributed by atoms with E-state index in [0.717, 1.165) is 40.0 Å². The molecule has 1 aliphatic carbocycles. The minimum Gasteiger partial charge on any atom is -0.399 e. The van der Waals surface area contributed by atoms with E-state index in [-0.39, 0.29) is 5.41 Å². The summed E-state index contributed by atoms with van der Waals surface area (Å²) in [4.78, 5) is 12.4. The van der Waals surface area contributed by atoms with Crippen molar-refractivity contribution in [3.8, 4) is 0 Å². The Hall–Kier alpha value is -1.88. The van der Waals surface area contributed by atoms with E-state index in [1.54, 1.807) is 6.20 Å². The van der Waals surface area contributed by atoms with Crippen LogP contribution in [0.3, 0.4) is 0 Å². The van der Waals surface area contributed by atoms with Crippen LogP contribution in [0.5, 0.6) is 0 Å². The van der Waals surface area contributed by atoms with Crippen LogP contribution in [0.15, 0.2) is 41.0 Å². The second-order valence-corrected chi connectivity index (χ2v) is 6.23. The number of nitrogens with two attached hydrogens (primary N) is 1. The van der Waals surface area contributed by atoms with Gasteiger partial charge in [-0.2, -0.15) is 0 Å². The Labute approximate surface area is 124 Å². The third kappa shape index (κ3) is 1.73. The number of nitrogen functional groups attached to an aromatic ring is 1. The fourth-order valence-electron chi connectivity index (χ4n) is 2.69. The van der Waals surface area contributed by atoms with Gasteiger partial charge >= 0.3 is 0 Å². The second-order valence-electron chi connectivity index (χ2n) is 5.31. The lowest BCUT2D eigenvalue weighted by Crippen LogP contribution is -2.10. The first kappa shape index (κ1) is 11.9. The standard InChI is InChI=1S/C15H13BrN4/c16-10-7-12-13(18-8-10)20-14(19-12)15(5-6-15)9-1-3-11(17)4-2-9/h1-4,7-8H,5-6,17H2,(H,18,19,20). The SMILES string of the molecule is Nc1ccc(C2(c3nc4ncc(Br)cc4[nH]3)CC2)cc1. The van der Waals surface area contributed by atoms with Crippen molar-refractivity contribution in [2.45, 2.75) is 18.3 Å². The number of aromatic amines is 1. The van der Waals surface area contributed by atoms with Crippen molar-refractivity contribution in [3.63, 3.8) is 0 Å². The highest BCUT2D eigenvalue weighted by Crippen LogP contribution is 2.52. The Morgan fingerprint density at radius 2 is 1.95 bits per heavy atom. The molecule has 0 unspecified atom stereocenters. The number of aromatic nitrogens is 3. The second kappa shape index (κ2) is 4.06. The molecule has 0 amide bonds. The van der Waals surface area contributed by atoms with Crippen molar-refractivity contribution in [2.75, 3.05) is 5.73 Å². The van der Waals surface area contributed by atoms with E-state index in [1.165, 1.54) is 5.56 Å². The third-order valence-electron chi connectivity index (χ3n) is 3.97. The Balaban J connectivity index is 1.83. The topological polar surface area (TPSA) is 67.6 Å². The van der Waals surface area contributed by atoms with E-state index in [2.05, 4.69) is 43.0 Å². The van der Waals surface area contributed by atoms with Crippen molar-refractivity contribution in [1.82, 2.24) is 15.0 Å². The monoisotopic (exact) mass is 328 g/mol. The third-order valence-corrected chi connectivity index (χ3v) is 4.40. The van der Waals surface area contributed by atoms with Crippen molar-refractivity contribution >= 4 is 32.8 Å². The molecule has 4 nitrogen and oxygen atoms in total. The fourth-order valence-corrected chi connectivity index (χ4v) is 3.02. The lowest BCUT2D eigenvalue weighted by atomic mass is 9.95. The van der Waals surface area contributed by atoms with Gasteiger partial charge in [-0.15, -0.1) is 0 Å². The van der Waals surface area contributed by atoms with Gasteiger partial charge in [0.15, 0.2) is 5.65 Å². The maximum absolute atomic E-state index is 5.77. The molecule has 0 aliphatic heterocycles. The number of hydrogen-bond acceptors (Lipinski definition) is 3. The fraction of sp³-hybridized carbons (Fsp3) is 0.200. The highest BCUT2D eigenvalue weighted by Gasteiger charge is 2.48. The van der Waals surface area contributed by atoms with Crippen molar-refractivity contribution in [2.24, 2.45) is 0 Å². The summed E-state index contributed by atoms with van der Waals surface area (Å²) < 4.78 is 0.956. The van der Waals surface area contributed by atoms with Crippen molar-refractivity contribution < 1.29 is 0 Å². The molecule has 100 valence electrons. The van der Waals surface area contributed by atoms with E-state index in [4.69, 9.17) is 5.73 Å². The number of nitrogens with zero attached hydrogens (tertiary/aromatic N) is 2. The van der Waals surface area contributed by atoms with E-state index in [9.17, 15) is 0 Å². The molecule has 1 aromatic carbocycles. The summed E-state index contributed by atoms with van der Waals surface area (Å²) in [5.74, 6) is 1.00. The van der Waals surface area contributed by atoms with Crippen LogP contribution < -0.4 is 5.73 Å². The summed E-state index contributed by atoms with van der Waals surface area (Å²) >= 11 is 3.44. The van der Waals surface area contributed by atoms with Gasteiger partial charge in [-0.3, -0.25) is 0 Å². The van der Waals surface area contributed by atoms with Crippen LogP contribution in [0.2, 0.25) is 0 Å². The molecule has 2 heterocycles. The first-order chi connectivity index (χ1) is 9.67. The smallest absolute Gasteiger partial charge is 0.177 e. The van der Waals surface area contributed by atoms with Gasteiger partial charge in [0.1, 0.15) is 5.82 Å². The van der Waals surface area contributed by atoms with Gasteiger partial charge < -0.3 is 10.7 Å². The molecular formula is C15H13BrN4. The van der Waals surface area contributed by atoms with Crippen LogP contribution in [0.25, 0.3) is 11.2 Å². The quantitative estimate of drug-likeness (QED) is 0.708. The first-order valence-corrected chi connectivity index (χ1v) is 7.34. The summed E-state index contributed by atoms with van der Waals surface area (Å²) in [7, 11) is 0. The number of H-pyrrole nitrogens is 1. The molecule has 1 aliphatic rings. The molecule has 1 fully saturated rings. The predicted molar refractivity (Wildman–Crippen MR) is 82.5 cm³/mol. The molecule has 3 aromatic rings. The van der Waals surface area contributed by atoms with Gasteiger partial charge in [0.2, 0.25) is 0 Å². The van der Waals surface area contributed by atoms with Gasteiger partial charge in [0.05, 0.1) is 10.9 Å². The predicted octanol–water partition coefficient (Wildman–Crippen LogP) is 3.38. The van der Waals surface area contributed by atoms with Crippen LogP contribution in [0.1, 0.15) is 24.2 Å². The number of rotatable bonds is 2. The highest BCUT2D eigenvalue weighted by atomic mass is 79.9. The summed E-state index contributed by atoms with van der Waals surface area (Å²) in [6.45, 7) is 0. The van der Waals surface area contributed by atoms with Crippen molar-refractivity contribution in [1.29, 1.82) is 0 Å². The minimum atomic E-state index is 0.0148. The summed E-state index contributed by atoms with van der Waals surface area (Å²) in [6, 6.07) is 10.1. The van der Waals surface area contributed by atoms with Crippen molar-refractivity contribution in [3.05, 3.63) is 52.4 Å². The normalized spacial score (nSPS) is 16.4. The number of nitrogens with one attached hydrogen (secondary N) is 1. The molecule has 0 atom stereocenters. The summed E-state index contributed by atoms with van der Waals surface area (Å²) in [5.41, 5.74) is 9.58. The Bertz CT molecular complexity index is 787. The molecule has 0 saturated heterocycles. The number of imidazole rings is 1. The van der Waals surface area contributed by atoms with Gasteiger partial charge in [-0.25, -0.2) is 9.97 Å². The van der Waals surface area contributed by atoms with Gasteiger partial charge in [-0.1, -0.05) is 12.1 Å². The van der Waals surface area contributed by atoms with Gasteiger partial charge in [0.25, 0.3) is 0 Å². The number of pyridine rings is 1. The molecule has 0 bridgehead atoms. The van der Waals surface area contributed by atoms with Crippen LogP contribution in [0, 0.1) is 0 Å². The van der Waals surface area contributed by atoms with Crippen LogP contribution in [0.4, 0.5) is 5.69 Å². The summed E-state index contributed by atoms with van der Waals surface area (Å²) in [5, 5.41) is 0. The van der Waals surface area contributed by atoms with E-state index in [0.29, 0.717) is 0 Å². The molecule has 3 N–H and O–H groups in total. The molecule has 5 heteroatoms. The van der Waals surface area contributed by atoms with Crippen LogP contribution in [-0.2, 0) is 5.41 Å². The molecule has 20 heavy (non-hydrogen) atoms. The zero-order chi connectivity index (χ0) is 13.7. The average molecular weight is 329 g/mol. The molecule has 1 saturated carbocycles.